The van der Waals surface area contributed by atoms with Crippen LogP contribution in [0.3, 0.4) is 0 Å². The monoisotopic (exact) mass is 195 g/mol. The van der Waals surface area contributed by atoms with Gasteiger partial charge in [-0.2, -0.15) is 0 Å². The van der Waals surface area contributed by atoms with Crippen molar-refractivity contribution < 1.29 is 4.79 Å². The normalized spacial score (nSPS) is 8.86. The molecule has 0 radical (unpaired) electrons. The third-order valence-electron chi connectivity index (χ3n) is 1.09. The van der Waals surface area contributed by atoms with Gasteiger partial charge in [0.2, 0.25) is 5.96 Å². The van der Waals surface area contributed by atoms with Crippen molar-refractivity contribution in [3.8, 4) is 0 Å². The van der Waals surface area contributed by atoms with E-state index in [-0.39, 0.29) is 5.96 Å². The van der Waals surface area contributed by atoms with Crippen molar-refractivity contribution in [1.82, 2.24) is 15.4 Å². The first-order chi connectivity index (χ1) is 6.68. The first-order valence-electron chi connectivity index (χ1n) is 3.60. The lowest BCUT2D eigenvalue weighted by molar-refractivity contribution is 0.252. The molecule has 74 valence electrons. The maximum Gasteiger partial charge on any atom is 0.340 e. The molecule has 0 spiro atoms. The van der Waals surface area contributed by atoms with Gasteiger partial charge in [0.25, 0.3) is 0 Å². The van der Waals surface area contributed by atoms with Gasteiger partial charge in [-0.15, -0.1) is 5.10 Å². The van der Waals surface area contributed by atoms with Crippen LogP contribution in [-0.2, 0) is 0 Å². The molecule has 0 aliphatic heterocycles. The minimum Gasteiger partial charge on any atom is -0.369 e. The van der Waals surface area contributed by atoms with Gasteiger partial charge in [-0.25, -0.2) is 15.2 Å². The number of amides is 2. The number of hydrogen-bond donors (Lipinski definition) is 4. The van der Waals surface area contributed by atoms with Crippen LogP contribution in [0, 0.1) is 0 Å². The molecule has 0 aliphatic carbocycles. The van der Waals surface area contributed by atoms with E-state index in [1.807, 2.05) is 0 Å². The second kappa shape index (κ2) is 4.60. The van der Waals surface area contributed by atoms with E-state index in [9.17, 15) is 4.79 Å². The fraction of sp³-hybridized carbons (Fsp3) is 0. The maximum atomic E-state index is 11.0. The number of nitrogens with one attached hydrogen (secondary N) is 2. The first kappa shape index (κ1) is 9.71. The number of nitrogens with two attached hydrogens (primary N) is 2. The number of anilines is 1. The predicted molar refractivity (Wildman–Crippen MR) is 50.0 cm³/mol. The van der Waals surface area contributed by atoms with Gasteiger partial charge in [-0.05, 0) is 0 Å². The summed E-state index contributed by atoms with van der Waals surface area (Å²) in [5.41, 5.74) is 12.0. The number of rotatable bonds is 2. The van der Waals surface area contributed by atoms with Crippen molar-refractivity contribution in [2.45, 2.75) is 0 Å². The van der Waals surface area contributed by atoms with Gasteiger partial charge in [0, 0.05) is 12.4 Å². The highest BCUT2D eigenvalue weighted by molar-refractivity contribution is 5.89. The number of hydrazone groups is 1. The van der Waals surface area contributed by atoms with Crippen LogP contribution in [0.1, 0.15) is 0 Å². The lowest BCUT2D eigenvalue weighted by Crippen LogP contribution is -2.31. The molecule has 0 saturated carbocycles. The average molecular weight is 195 g/mol. The molecule has 0 fully saturated rings. The fourth-order valence-electron chi connectivity index (χ4n) is 0.623. The van der Waals surface area contributed by atoms with E-state index in [0.717, 1.165) is 0 Å². The number of carbonyl (C=O) groups is 1. The van der Waals surface area contributed by atoms with E-state index in [0.29, 0.717) is 5.82 Å². The largest absolute Gasteiger partial charge is 0.369 e. The Morgan fingerprint density at radius 2 is 2.21 bits per heavy atom. The number of guanidine groups is 1. The van der Waals surface area contributed by atoms with Gasteiger partial charge in [-0.1, -0.05) is 0 Å². The van der Waals surface area contributed by atoms with Crippen LogP contribution in [0.25, 0.3) is 0 Å². The Balaban J connectivity index is 2.46. The van der Waals surface area contributed by atoms with Crippen LogP contribution in [0.15, 0.2) is 23.7 Å². The molecule has 8 heteroatoms. The Kier molecular flexibility index (Phi) is 3.19. The molecule has 1 rings (SSSR count). The number of hydrogen-bond acceptors (Lipinski definition) is 4. The Labute approximate surface area is 79.4 Å². The number of aromatic nitrogens is 2. The summed E-state index contributed by atoms with van der Waals surface area (Å²) in [7, 11) is 0. The smallest absolute Gasteiger partial charge is 0.340 e. The highest BCUT2D eigenvalue weighted by atomic mass is 16.2. The molecule has 1 heterocycles. The minimum absolute atomic E-state index is 0.237. The number of carbonyl (C=O) groups excluding carboxylic acids is 1. The zero-order chi connectivity index (χ0) is 10.4. The van der Waals surface area contributed by atoms with Gasteiger partial charge < -0.3 is 11.5 Å². The molecule has 0 unspecified atom stereocenters. The lowest BCUT2D eigenvalue weighted by atomic mass is 10.6. The van der Waals surface area contributed by atoms with Crippen molar-refractivity contribution in [3.63, 3.8) is 0 Å². The van der Waals surface area contributed by atoms with Gasteiger partial charge in [0.15, 0.2) is 5.82 Å². The van der Waals surface area contributed by atoms with Crippen molar-refractivity contribution in [2.24, 2.45) is 16.6 Å². The molecule has 0 bridgehead atoms. The van der Waals surface area contributed by atoms with Gasteiger partial charge in [0.1, 0.15) is 0 Å². The summed E-state index contributed by atoms with van der Waals surface area (Å²) in [5, 5.41) is 5.64. The van der Waals surface area contributed by atoms with Gasteiger partial charge >= 0.3 is 6.03 Å². The molecule has 1 aromatic rings. The molecule has 6 N–H and O–H groups in total. The zero-order valence-corrected chi connectivity index (χ0v) is 7.14. The highest BCUT2D eigenvalue weighted by Gasteiger charge is 1.99. The molecule has 2 amide bonds. The predicted octanol–water partition coefficient (Wildman–Crippen LogP) is -1.21. The first-order valence-corrected chi connectivity index (χ1v) is 3.60. The van der Waals surface area contributed by atoms with E-state index < -0.39 is 6.03 Å². The summed E-state index contributed by atoms with van der Waals surface area (Å²) >= 11 is 0. The van der Waals surface area contributed by atoms with E-state index in [1.54, 1.807) is 0 Å². The molecule has 0 aliphatic rings. The summed E-state index contributed by atoms with van der Waals surface area (Å²) in [6.45, 7) is 0. The summed E-state index contributed by atoms with van der Waals surface area (Å²) < 4.78 is 0. The molecule has 0 saturated heterocycles. The zero-order valence-electron chi connectivity index (χ0n) is 7.14. The highest BCUT2D eigenvalue weighted by Crippen LogP contribution is 1.95. The topological polar surface area (TPSA) is 131 Å². The maximum absolute atomic E-state index is 11.0. The molecule has 1 aromatic heterocycles. The SMILES string of the molecule is NC(N)=NNC(=O)Nc1cnccn1. The Hall–Kier alpha value is -2.38. The Bertz CT molecular complexity index is 331. The van der Waals surface area contributed by atoms with Crippen LogP contribution < -0.4 is 22.2 Å². The molecular formula is C6H9N7O. The van der Waals surface area contributed by atoms with Crippen molar-refractivity contribution in [2.75, 3.05) is 5.32 Å². The number of urea groups is 1. The van der Waals surface area contributed by atoms with Crippen LogP contribution in [-0.4, -0.2) is 22.0 Å². The van der Waals surface area contributed by atoms with Crippen molar-refractivity contribution in [1.29, 1.82) is 0 Å². The fourth-order valence-corrected chi connectivity index (χ4v) is 0.623. The minimum atomic E-state index is -0.598. The van der Waals surface area contributed by atoms with Crippen LogP contribution >= 0.6 is 0 Å². The summed E-state index contributed by atoms with van der Waals surface area (Å²) in [6, 6.07) is -0.598. The summed E-state index contributed by atoms with van der Waals surface area (Å²) in [6.07, 6.45) is 4.31. The Morgan fingerprint density at radius 3 is 2.79 bits per heavy atom. The van der Waals surface area contributed by atoms with Crippen LogP contribution in [0.5, 0.6) is 0 Å². The Morgan fingerprint density at radius 1 is 1.43 bits per heavy atom. The van der Waals surface area contributed by atoms with E-state index in [1.165, 1.54) is 18.6 Å². The molecule has 8 nitrogen and oxygen atoms in total. The van der Waals surface area contributed by atoms with Crippen LogP contribution in [0.4, 0.5) is 10.6 Å². The molecule has 14 heavy (non-hydrogen) atoms. The van der Waals surface area contributed by atoms with E-state index in [2.05, 4.69) is 25.8 Å². The third-order valence-corrected chi connectivity index (χ3v) is 1.09. The van der Waals surface area contributed by atoms with E-state index in [4.69, 9.17) is 11.5 Å². The number of nitrogens with zero attached hydrogens (tertiary/aromatic N) is 3. The van der Waals surface area contributed by atoms with E-state index >= 15 is 0 Å². The standard InChI is InChI=1S/C6H9N7O/c7-5(8)12-13-6(14)11-4-3-9-1-2-10-4/h1-3H,(H4,7,8,12)(H2,10,11,13,14). The molecule has 0 aromatic carbocycles. The molecular weight excluding hydrogens is 186 g/mol. The average Bonchev–Trinajstić information content (AvgIpc) is 2.16. The van der Waals surface area contributed by atoms with Crippen molar-refractivity contribution in [3.05, 3.63) is 18.6 Å². The third kappa shape index (κ3) is 3.34. The molecule has 0 atom stereocenters. The van der Waals surface area contributed by atoms with Gasteiger partial charge in [0.05, 0.1) is 6.20 Å². The van der Waals surface area contributed by atoms with Gasteiger partial charge in [-0.3, -0.25) is 10.3 Å². The van der Waals surface area contributed by atoms with Crippen LogP contribution in [0.2, 0.25) is 0 Å². The second-order valence-electron chi connectivity index (χ2n) is 2.19. The summed E-state index contributed by atoms with van der Waals surface area (Å²) in [4.78, 5) is 18.6. The van der Waals surface area contributed by atoms with Crippen molar-refractivity contribution >= 4 is 17.8 Å². The quantitative estimate of drug-likeness (QED) is 0.267. The summed E-state index contributed by atoms with van der Waals surface area (Å²) in [5.74, 6) is 0.0649. The lowest BCUT2D eigenvalue weighted by Gasteiger charge is -2.01. The second-order valence-corrected chi connectivity index (χ2v) is 2.19.